The van der Waals surface area contributed by atoms with Crippen LogP contribution in [0.1, 0.15) is 16.8 Å². The Morgan fingerprint density at radius 2 is 1.96 bits per heavy atom. The van der Waals surface area contributed by atoms with Gasteiger partial charge in [-0.2, -0.15) is 0 Å². The van der Waals surface area contributed by atoms with E-state index in [1.807, 2.05) is 34.9 Å². The van der Waals surface area contributed by atoms with Gasteiger partial charge in [0.25, 0.3) is 0 Å². The molecule has 4 nitrogen and oxygen atoms in total. The molecule has 0 unspecified atom stereocenters. The van der Waals surface area contributed by atoms with Gasteiger partial charge in [0, 0.05) is 12.3 Å². The molecule has 0 fully saturated rings. The number of aryl methyl sites for hydroxylation is 1. The number of nitrogens with zero attached hydrogens (tertiary/aromatic N) is 2. The zero-order valence-electron chi connectivity index (χ0n) is 14.6. The van der Waals surface area contributed by atoms with Crippen molar-refractivity contribution in [3.05, 3.63) is 77.4 Å². The van der Waals surface area contributed by atoms with E-state index in [2.05, 4.69) is 4.98 Å². The molecule has 0 aliphatic rings. The molecule has 2 aromatic carbocycles. The van der Waals surface area contributed by atoms with Crippen molar-refractivity contribution < 1.29 is 14.2 Å². The van der Waals surface area contributed by atoms with Crippen molar-refractivity contribution in [1.82, 2.24) is 9.55 Å². The average Bonchev–Trinajstić information content (AvgIpc) is 3.07. The Kier molecular flexibility index (Phi) is 6.30. The van der Waals surface area contributed by atoms with Gasteiger partial charge in [0.1, 0.15) is 11.6 Å². The summed E-state index contributed by atoms with van der Waals surface area (Å²) in [6.45, 7) is 0.657. The molecule has 0 saturated carbocycles. The van der Waals surface area contributed by atoms with Gasteiger partial charge < -0.3 is 14.4 Å². The molecule has 1 heterocycles. The Balaban J connectivity index is 1.68. The lowest BCUT2D eigenvalue weighted by Gasteiger charge is -2.11. The molecule has 0 saturated heterocycles. The van der Waals surface area contributed by atoms with Gasteiger partial charge in [-0.15, -0.1) is 0 Å². The van der Waals surface area contributed by atoms with Gasteiger partial charge in [-0.25, -0.2) is 9.37 Å². The molecule has 0 spiro atoms. The van der Waals surface area contributed by atoms with Gasteiger partial charge in [0.05, 0.1) is 25.6 Å². The summed E-state index contributed by atoms with van der Waals surface area (Å²) >= 11 is 1.54. The highest BCUT2D eigenvalue weighted by Gasteiger charge is 2.11. The Hall–Kier alpha value is -2.31. The maximum absolute atomic E-state index is 13.3. The van der Waals surface area contributed by atoms with Crippen LogP contribution in [0.25, 0.3) is 0 Å². The third-order valence-corrected chi connectivity index (χ3v) is 5.17. The zero-order valence-corrected chi connectivity index (χ0v) is 15.4. The fourth-order valence-electron chi connectivity index (χ4n) is 2.68. The van der Waals surface area contributed by atoms with Crippen molar-refractivity contribution in [2.24, 2.45) is 0 Å². The van der Waals surface area contributed by atoms with Crippen LogP contribution >= 0.6 is 11.8 Å². The van der Waals surface area contributed by atoms with Crippen LogP contribution in [0, 0.1) is 5.82 Å². The first-order chi connectivity index (χ1) is 12.7. The Labute approximate surface area is 156 Å². The summed E-state index contributed by atoms with van der Waals surface area (Å²) in [6, 6.07) is 14.5. The first-order valence-electron chi connectivity index (χ1n) is 8.35. The molecule has 0 amide bonds. The number of methoxy groups -OCH3 is 1. The molecule has 6 heteroatoms. The van der Waals surface area contributed by atoms with Crippen LogP contribution in [0.15, 0.2) is 59.9 Å². The van der Waals surface area contributed by atoms with Crippen LogP contribution in [0.4, 0.5) is 4.39 Å². The zero-order chi connectivity index (χ0) is 18.4. The highest BCUT2D eigenvalue weighted by atomic mass is 32.2. The van der Waals surface area contributed by atoms with Crippen molar-refractivity contribution in [2.45, 2.75) is 30.5 Å². The van der Waals surface area contributed by atoms with Crippen molar-refractivity contribution in [2.75, 3.05) is 7.11 Å². The Morgan fingerprint density at radius 3 is 2.65 bits per heavy atom. The molecule has 0 bridgehead atoms. The van der Waals surface area contributed by atoms with Gasteiger partial charge in [0.2, 0.25) is 0 Å². The van der Waals surface area contributed by atoms with E-state index in [0.717, 1.165) is 28.6 Å². The van der Waals surface area contributed by atoms with E-state index in [4.69, 9.17) is 4.74 Å². The fourth-order valence-corrected chi connectivity index (χ4v) is 3.65. The second-order valence-electron chi connectivity index (χ2n) is 5.86. The summed E-state index contributed by atoms with van der Waals surface area (Å²) < 4.78 is 20.5. The van der Waals surface area contributed by atoms with Crippen LogP contribution in [0.3, 0.4) is 0 Å². The maximum Gasteiger partial charge on any atom is 0.168 e. The van der Waals surface area contributed by atoms with Crippen LogP contribution in [0.2, 0.25) is 0 Å². The summed E-state index contributed by atoms with van der Waals surface area (Å²) in [7, 11) is 1.65. The summed E-state index contributed by atoms with van der Waals surface area (Å²) in [6.07, 6.45) is 2.52. The van der Waals surface area contributed by atoms with E-state index < -0.39 is 0 Å². The number of benzene rings is 2. The fraction of sp³-hybridized carbons (Fsp3) is 0.250. The third kappa shape index (κ3) is 4.65. The van der Waals surface area contributed by atoms with Crippen molar-refractivity contribution in [3.63, 3.8) is 0 Å². The first kappa shape index (κ1) is 18.5. The van der Waals surface area contributed by atoms with Gasteiger partial charge in [-0.3, -0.25) is 0 Å². The monoisotopic (exact) mass is 372 g/mol. The Bertz CT molecular complexity index is 849. The number of aromatic nitrogens is 2. The second-order valence-corrected chi connectivity index (χ2v) is 6.80. The number of thioether (sulfide) groups is 1. The molecule has 0 atom stereocenters. The van der Waals surface area contributed by atoms with Crippen LogP contribution < -0.4 is 4.74 Å². The molecule has 1 N–H and O–H groups in total. The number of hydrogen-bond acceptors (Lipinski definition) is 4. The van der Waals surface area contributed by atoms with Crippen LogP contribution in [-0.4, -0.2) is 21.8 Å². The number of aliphatic hydroxyl groups is 1. The van der Waals surface area contributed by atoms with Crippen molar-refractivity contribution in [1.29, 1.82) is 0 Å². The lowest BCUT2D eigenvalue weighted by Crippen LogP contribution is -2.07. The molecule has 1 aromatic heterocycles. The topological polar surface area (TPSA) is 47.3 Å². The average molecular weight is 372 g/mol. The van der Waals surface area contributed by atoms with Gasteiger partial charge in [-0.1, -0.05) is 36.0 Å². The summed E-state index contributed by atoms with van der Waals surface area (Å²) in [5.41, 5.74) is 2.87. The van der Waals surface area contributed by atoms with E-state index in [-0.39, 0.29) is 12.4 Å². The number of aliphatic hydroxyl groups excluding tert-OH is 1. The number of imidazole rings is 1. The van der Waals surface area contributed by atoms with Crippen molar-refractivity contribution >= 4 is 11.8 Å². The largest absolute Gasteiger partial charge is 0.497 e. The number of ether oxygens (including phenoxy) is 1. The van der Waals surface area contributed by atoms with E-state index in [0.29, 0.717) is 12.3 Å². The summed E-state index contributed by atoms with van der Waals surface area (Å²) in [4.78, 5) is 4.42. The lowest BCUT2D eigenvalue weighted by atomic mass is 10.1. The molecule has 26 heavy (non-hydrogen) atoms. The molecule has 0 aliphatic heterocycles. The molecule has 0 radical (unpaired) electrons. The molecule has 3 rings (SSSR count). The standard InChI is InChI=1S/C20H21FN2O2S/c1-25-19-7-5-15(6-8-19)9-10-23-18(13-24)12-22-20(23)26-14-16-3-2-4-17(21)11-16/h2-8,11-12,24H,9-10,13-14H2,1H3. The number of rotatable bonds is 8. The molecule has 0 aliphatic carbocycles. The van der Waals surface area contributed by atoms with Gasteiger partial charge in [-0.05, 0) is 41.8 Å². The predicted molar refractivity (Wildman–Crippen MR) is 101 cm³/mol. The lowest BCUT2D eigenvalue weighted by molar-refractivity contribution is 0.269. The third-order valence-electron chi connectivity index (χ3n) is 4.10. The second kappa shape index (κ2) is 8.87. The minimum absolute atomic E-state index is 0.0594. The quantitative estimate of drug-likeness (QED) is 0.606. The van der Waals surface area contributed by atoms with Gasteiger partial charge in [0.15, 0.2) is 5.16 Å². The highest BCUT2D eigenvalue weighted by Crippen LogP contribution is 2.24. The summed E-state index contributed by atoms with van der Waals surface area (Å²) in [5, 5.41) is 10.4. The molecule has 136 valence electrons. The first-order valence-corrected chi connectivity index (χ1v) is 9.33. The minimum Gasteiger partial charge on any atom is -0.497 e. The van der Waals surface area contributed by atoms with E-state index in [1.165, 1.54) is 17.7 Å². The summed E-state index contributed by atoms with van der Waals surface area (Å²) in [5.74, 6) is 1.23. The predicted octanol–water partition coefficient (Wildman–Crippen LogP) is 4.06. The number of halogens is 1. The van der Waals surface area contributed by atoms with E-state index in [1.54, 1.807) is 31.1 Å². The minimum atomic E-state index is -0.234. The van der Waals surface area contributed by atoms with Crippen LogP contribution in [0.5, 0.6) is 5.75 Å². The SMILES string of the molecule is COc1ccc(CCn2c(CO)cnc2SCc2cccc(F)c2)cc1. The van der Waals surface area contributed by atoms with E-state index >= 15 is 0 Å². The van der Waals surface area contributed by atoms with Gasteiger partial charge >= 0.3 is 0 Å². The van der Waals surface area contributed by atoms with Crippen molar-refractivity contribution in [3.8, 4) is 5.75 Å². The highest BCUT2D eigenvalue weighted by molar-refractivity contribution is 7.98. The molecular formula is C20H21FN2O2S. The molecule has 3 aromatic rings. The normalized spacial score (nSPS) is 10.9. The van der Waals surface area contributed by atoms with Crippen LogP contribution in [-0.2, 0) is 25.3 Å². The maximum atomic E-state index is 13.3. The Morgan fingerprint density at radius 1 is 1.15 bits per heavy atom. The van der Waals surface area contributed by atoms with E-state index in [9.17, 15) is 9.50 Å². The number of hydrogen-bond donors (Lipinski definition) is 1. The smallest absolute Gasteiger partial charge is 0.168 e. The molecular weight excluding hydrogens is 351 g/mol.